The van der Waals surface area contributed by atoms with E-state index < -0.39 is 7.54 Å². The van der Waals surface area contributed by atoms with Crippen LogP contribution in [-0.4, -0.2) is 45.8 Å². The van der Waals surface area contributed by atoms with Gasteiger partial charge in [0.25, 0.3) is 5.91 Å². The molecule has 4 aromatic carbocycles. The van der Waals surface area contributed by atoms with Crippen molar-refractivity contribution in [3.63, 3.8) is 0 Å². The van der Waals surface area contributed by atoms with Crippen LogP contribution in [0.1, 0.15) is 92.8 Å². The molecule has 0 spiro atoms. The zero-order valence-corrected chi connectivity index (χ0v) is 26.6. The van der Waals surface area contributed by atoms with Crippen molar-refractivity contribution >= 4 is 19.3 Å². The lowest BCUT2D eigenvalue weighted by Gasteiger charge is -2.11. The fourth-order valence-corrected chi connectivity index (χ4v) is 5.09. The predicted molar refractivity (Wildman–Crippen MR) is 190 cm³/mol. The third kappa shape index (κ3) is 12.3. The van der Waals surface area contributed by atoms with Gasteiger partial charge >= 0.3 is 7.54 Å². The van der Waals surface area contributed by atoms with Gasteiger partial charge in [-0.1, -0.05) is 112 Å². The Hall–Kier alpha value is -4.44. The second-order valence-electron chi connectivity index (χ2n) is 9.90. The van der Waals surface area contributed by atoms with Gasteiger partial charge in [0.2, 0.25) is 5.90 Å². The average molecular weight is 669 g/mol. The molecule has 2 heterocycles. The maximum Gasteiger partial charge on any atom is 0.762 e. The van der Waals surface area contributed by atoms with Crippen LogP contribution in [0.3, 0.4) is 0 Å². The summed E-state index contributed by atoms with van der Waals surface area (Å²) in [5.74, 6) is 0.784. The number of hydrogen-bond donors (Lipinski definition) is 1. The highest BCUT2D eigenvalue weighted by atomic mass is 19.4. The van der Waals surface area contributed by atoms with E-state index in [0.717, 1.165) is 48.0 Å². The Morgan fingerprint density at radius 2 is 1.12 bits per heavy atom. The molecule has 48 heavy (non-hydrogen) atoms. The zero-order valence-electron chi connectivity index (χ0n) is 26.6. The minimum Gasteiger partial charge on any atom is -1.00 e. The molecule has 2 aliphatic heterocycles. The summed E-state index contributed by atoms with van der Waals surface area (Å²) in [4.78, 5) is 16.4. The van der Waals surface area contributed by atoms with Crippen LogP contribution in [0.25, 0.3) is 0 Å². The highest BCUT2D eigenvalue weighted by Gasteiger charge is 2.29. The van der Waals surface area contributed by atoms with E-state index in [2.05, 4.69) is 60.8 Å². The van der Waals surface area contributed by atoms with Crippen molar-refractivity contribution in [3.05, 3.63) is 143 Å². The number of aliphatic imine (C=N–C) groups is 1. The number of amides is 1. The van der Waals surface area contributed by atoms with Crippen LogP contribution in [-0.2, 0) is 9.10 Å². The van der Waals surface area contributed by atoms with E-state index in [0.29, 0.717) is 6.61 Å². The van der Waals surface area contributed by atoms with E-state index in [9.17, 15) is 17.7 Å². The summed E-state index contributed by atoms with van der Waals surface area (Å²) in [6.07, 6.45) is 0. The molecule has 2 atom stereocenters. The monoisotopic (exact) mass is 668 g/mol. The molecule has 5 nitrogen and oxygen atoms in total. The lowest BCUT2D eigenvalue weighted by Crippen LogP contribution is -3.00. The van der Waals surface area contributed by atoms with Gasteiger partial charge in [-0.3, -0.25) is 17.7 Å². The summed E-state index contributed by atoms with van der Waals surface area (Å²) < 4.78 is 37.7. The number of halogens is 4. The smallest absolute Gasteiger partial charge is 0.762 e. The number of nitrogens with zero attached hydrogens (tertiary/aromatic N) is 1. The van der Waals surface area contributed by atoms with E-state index in [1.54, 1.807) is 0 Å². The quantitative estimate of drug-likeness (QED) is 0.139. The number of carbonyl (C=O) groups is 1. The molecule has 0 saturated heterocycles. The molecule has 10 heteroatoms. The Balaban J connectivity index is 0.000000679. The third-order valence-corrected chi connectivity index (χ3v) is 7.28. The second kappa shape index (κ2) is 23.0. The Morgan fingerprint density at radius 1 is 0.688 bits per heavy atom. The van der Waals surface area contributed by atoms with Crippen molar-refractivity contribution in [2.45, 2.75) is 54.6 Å². The molecule has 260 valence electrons. The van der Waals surface area contributed by atoms with Crippen molar-refractivity contribution in [2.75, 3.05) is 26.4 Å². The topological polar surface area (TPSA) is 53.4 Å². The molecular formula is C38H49BF4N2O3. The van der Waals surface area contributed by atoms with Crippen LogP contribution in [0.5, 0.6) is 0 Å². The van der Waals surface area contributed by atoms with Gasteiger partial charge in [-0.15, -0.1) is 0 Å². The van der Waals surface area contributed by atoms with E-state index in [-0.39, 0.29) is 37.5 Å². The average Bonchev–Trinajstić information content (AvgIpc) is 3.61. The molecule has 4 aromatic rings. The van der Waals surface area contributed by atoms with E-state index in [4.69, 9.17) is 9.73 Å². The fourth-order valence-electron chi connectivity index (χ4n) is 5.09. The van der Waals surface area contributed by atoms with Crippen molar-refractivity contribution in [3.8, 4) is 0 Å². The molecular weight excluding hydrogens is 619 g/mol. The van der Waals surface area contributed by atoms with Gasteiger partial charge in [-0.05, 0) is 41.3 Å². The van der Waals surface area contributed by atoms with Gasteiger partial charge in [0.05, 0.1) is 12.6 Å². The van der Waals surface area contributed by atoms with Gasteiger partial charge in [0.15, 0.2) is 0 Å². The number of nitrogens with one attached hydrogen (secondary N) is 1. The first-order valence-corrected chi connectivity index (χ1v) is 15.2. The van der Waals surface area contributed by atoms with Crippen molar-refractivity contribution in [1.29, 1.82) is 0 Å². The van der Waals surface area contributed by atoms with Crippen molar-refractivity contribution < 1.29 is 31.5 Å². The Labute approximate surface area is 284 Å². The molecule has 0 aromatic heterocycles. The number of hydrogen-bond acceptors (Lipinski definition) is 3. The van der Waals surface area contributed by atoms with E-state index in [1.807, 2.05) is 85.8 Å². The Morgan fingerprint density at radius 3 is 1.60 bits per heavy atom. The van der Waals surface area contributed by atoms with E-state index >= 15 is 0 Å². The van der Waals surface area contributed by atoms with Crippen molar-refractivity contribution in [2.24, 2.45) is 4.99 Å². The maximum atomic E-state index is 11.7. The van der Waals surface area contributed by atoms with Gasteiger partial charge in [-0.2, -0.15) is 0 Å². The highest BCUT2D eigenvalue weighted by Crippen LogP contribution is 2.35. The number of fused-ring (bicyclic) bond motifs is 2. The molecule has 6 rings (SSSR count). The normalized spacial score (nSPS) is 14.5. The largest absolute Gasteiger partial charge is 1.00 e. The zero-order chi connectivity index (χ0) is 32.6. The highest BCUT2D eigenvalue weighted by molar-refractivity contribution is 6.33. The number of carbonyl (C=O) groups excluding carboxylic acids is 1. The molecule has 0 bridgehead atoms. The standard InChI is InChI=1S/C16H15NO.C14H11NO.C6H15O.2CH4.BF3.FH/c1-2-18-16-14-11-7-6-10-13(14)15(17-16)12-8-4-3-5-9-12;16-14-12-9-5-4-8-11(12)13(15-14)10-6-2-1-3-7-10;1-4-7(5-2)6-3;;;2-1(3)4;/h3-11,15H,2H2,1H3;1-9,13H,(H,15,16);4-6H2,1-3H3;2*1H4;;1H/q;;+1;;;;/p-1. The summed E-state index contributed by atoms with van der Waals surface area (Å²) in [6, 6.07) is 36.5. The molecule has 0 radical (unpaired) electrons. The van der Waals surface area contributed by atoms with E-state index in [1.165, 1.54) is 11.1 Å². The number of rotatable bonds is 6. The predicted octanol–water partition coefficient (Wildman–Crippen LogP) is 6.85. The molecule has 2 aliphatic rings. The Kier molecular flexibility index (Phi) is 20.9. The van der Waals surface area contributed by atoms with Crippen LogP contribution in [0.2, 0.25) is 0 Å². The summed E-state index contributed by atoms with van der Waals surface area (Å²) in [7, 11) is -3.67. The summed E-state index contributed by atoms with van der Waals surface area (Å²) >= 11 is 0. The van der Waals surface area contributed by atoms with Crippen LogP contribution in [0, 0.1) is 0 Å². The van der Waals surface area contributed by atoms with Gasteiger partial charge in [0.1, 0.15) is 25.9 Å². The van der Waals surface area contributed by atoms with Crippen LogP contribution < -0.4 is 10.0 Å². The molecule has 0 fully saturated rings. The maximum absolute atomic E-state index is 11.7. The SMILES string of the molecule is C.C.CCOC1=NC(c2ccccc2)c2ccccc21.CC[O+](CC)CC.FB(F)F.O=C1NC(c2ccccc2)c2ccccc21.[F-]. The first-order chi connectivity index (χ1) is 21.8. The van der Waals surface area contributed by atoms with Gasteiger partial charge in [-0.25, -0.2) is 4.99 Å². The summed E-state index contributed by atoms with van der Waals surface area (Å²) in [5, 5.41) is 3.00. The summed E-state index contributed by atoms with van der Waals surface area (Å²) in [5.41, 5.74) is 6.54. The summed E-state index contributed by atoms with van der Waals surface area (Å²) in [6.45, 7) is 12.4. The Bertz CT molecular complexity index is 1480. The fraction of sp³-hybridized carbons (Fsp3) is 0.316. The molecule has 2 unspecified atom stereocenters. The minimum absolute atomic E-state index is 0. The number of ether oxygens (including phenoxy) is 1. The second-order valence-corrected chi connectivity index (χ2v) is 9.90. The first kappa shape index (κ1) is 43.6. The van der Waals surface area contributed by atoms with Crippen LogP contribution >= 0.6 is 0 Å². The van der Waals surface area contributed by atoms with Gasteiger partial charge in [0, 0.05) is 31.9 Å². The minimum atomic E-state index is -3.67. The molecule has 0 aliphatic carbocycles. The lowest BCUT2D eigenvalue weighted by atomic mass is 9.98. The van der Waals surface area contributed by atoms with Crippen LogP contribution in [0.4, 0.5) is 12.9 Å². The van der Waals surface area contributed by atoms with Crippen molar-refractivity contribution in [1.82, 2.24) is 5.32 Å². The third-order valence-electron chi connectivity index (χ3n) is 7.28. The molecule has 1 N–H and O–H groups in total. The molecule has 1 amide bonds. The molecule has 0 saturated carbocycles. The lowest BCUT2D eigenvalue weighted by molar-refractivity contribution is -0.119. The number of benzene rings is 4. The van der Waals surface area contributed by atoms with Crippen LogP contribution in [0.15, 0.2) is 114 Å². The van der Waals surface area contributed by atoms with Gasteiger partial charge < -0.3 is 19.1 Å². The first-order valence-electron chi connectivity index (χ1n) is 15.2.